The van der Waals surface area contributed by atoms with Crippen LogP contribution in [0.2, 0.25) is 0 Å². The van der Waals surface area contributed by atoms with Gasteiger partial charge < -0.3 is 10.1 Å². The van der Waals surface area contributed by atoms with Gasteiger partial charge in [0.05, 0.1) is 12.2 Å². The monoisotopic (exact) mass is 412 g/mol. The summed E-state index contributed by atoms with van der Waals surface area (Å²) >= 11 is 1.47. The van der Waals surface area contributed by atoms with Crippen molar-refractivity contribution in [1.29, 1.82) is 0 Å². The number of aryl methyl sites for hydroxylation is 1. The Labute approximate surface area is 169 Å². The molecule has 1 aliphatic rings. The molecule has 3 heterocycles. The van der Waals surface area contributed by atoms with Crippen molar-refractivity contribution in [2.24, 2.45) is 0 Å². The fraction of sp³-hybridized carbons (Fsp3) is 0.500. The SMILES string of the molecule is CCOC(=O)c1c(NC(=O)c2ccnn2CC)sc2c1CCN(CC)C2.Cl. The summed E-state index contributed by atoms with van der Waals surface area (Å²) in [7, 11) is 0. The Hall–Kier alpha value is -1.90. The van der Waals surface area contributed by atoms with Gasteiger partial charge in [-0.3, -0.25) is 14.4 Å². The topological polar surface area (TPSA) is 76.5 Å². The standard InChI is InChI=1S/C18H24N4O3S.ClH/c1-4-21-10-8-12-14(11-21)26-17(15(12)18(24)25-6-3)20-16(23)13-7-9-19-22(13)5-2;/h7,9H,4-6,8,10-11H2,1-3H3,(H,20,23);1H. The van der Waals surface area contributed by atoms with Crippen LogP contribution in [0.4, 0.5) is 5.00 Å². The Morgan fingerprint density at radius 3 is 2.74 bits per heavy atom. The summed E-state index contributed by atoms with van der Waals surface area (Å²) in [4.78, 5) is 28.7. The smallest absolute Gasteiger partial charge is 0.341 e. The van der Waals surface area contributed by atoms with Gasteiger partial charge in [0, 0.05) is 30.7 Å². The van der Waals surface area contributed by atoms with Crippen molar-refractivity contribution in [3.05, 3.63) is 34.0 Å². The Morgan fingerprint density at radius 2 is 2.07 bits per heavy atom. The predicted molar refractivity (Wildman–Crippen MR) is 108 cm³/mol. The van der Waals surface area contributed by atoms with Crippen LogP contribution in [0.1, 0.15) is 52.1 Å². The van der Waals surface area contributed by atoms with E-state index in [2.05, 4.69) is 22.2 Å². The minimum absolute atomic E-state index is 0. The number of likely N-dealkylation sites (N-methyl/N-ethyl adjacent to an activating group) is 1. The number of anilines is 1. The van der Waals surface area contributed by atoms with Crippen molar-refractivity contribution in [2.75, 3.05) is 25.0 Å². The molecule has 0 aliphatic carbocycles. The minimum Gasteiger partial charge on any atom is -0.462 e. The molecule has 1 N–H and O–H groups in total. The lowest BCUT2D eigenvalue weighted by molar-refractivity contribution is 0.0526. The van der Waals surface area contributed by atoms with Crippen molar-refractivity contribution < 1.29 is 14.3 Å². The number of carbonyl (C=O) groups is 2. The zero-order valence-electron chi connectivity index (χ0n) is 15.8. The number of esters is 1. The quantitative estimate of drug-likeness (QED) is 0.737. The van der Waals surface area contributed by atoms with Crippen molar-refractivity contribution in [3.8, 4) is 0 Å². The van der Waals surface area contributed by atoms with E-state index in [1.807, 2.05) is 6.92 Å². The van der Waals surface area contributed by atoms with E-state index in [0.717, 1.165) is 36.5 Å². The van der Waals surface area contributed by atoms with Crippen molar-refractivity contribution >= 4 is 40.6 Å². The maximum atomic E-state index is 12.7. The largest absolute Gasteiger partial charge is 0.462 e. The fourth-order valence-corrected chi connectivity index (χ4v) is 4.45. The molecule has 0 unspecified atom stereocenters. The van der Waals surface area contributed by atoms with Crippen LogP contribution in [0.3, 0.4) is 0 Å². The van der Waals surface area contributed by atoms with E-state index in [-0.39, 0.29) is 24.3 Å². The van der Waals surface area contributed by atoms with Gasteiger partial charge in [0.2, 0.25) is 0 Å². The number of carbonyl (C=O) groups excluding carboxylic acids is 2. The molecule has 0 spiro atoms. The van der Waals surface area contributed by atoms with Gasteiger partial charge in [-0.15, -0.1) is 23.7 Å². The van der Waals surface area contributed by atoms with E-state index >= 15 is 0 Å². The summed E-state index contributed by atoms with van der Waals surface area (Å²) in [6, 6.07) is 1.68. The number of hydrogen-bond donors (Lipinski definition) is 1. The highest BCUT2D eigenvalue weighted by molar-refractivity contribution is 7.17. The molecule has 0 aromatic carbocycles. The van der Waals surface area contributed by atoms with Crippen LogP contribution in [-0.4, -0.2) is 46.3 Å². The van der Waals surface area contributed by atoms with Crippen LogP contribution in [0.5, 0.6) is 0 Å². The second kappa shape index (κ2) is 9.34. The molecule has 0 fully saturated rings. The van der Waals surface area contributed by atoms with Gasteiger partial charge in [0.15, 0.2) is 0 Å². The van der Waals surface area contributed by atoms with Gasteiger partial charge in [0.1, 0.15) is 10.7 Å². The second-order valence-electron chi connectivity index (χ2n) is 6.03. The first-order chi connectivity index (χ1) is 12.6. The number of halogens is 1. The second-order valence-corrected chi connectivity index (χ2v) is 7.14. The maximum absolute atomic E-state index is 12.7. The number of nitrogens with one attached hydrogen (secondary N) is 1. The normalized spacial score (nSPS) is 13.6. The number of hydrogen-bond acceptors (Lipinski definition) is 6. The van der Waals surface area contributed by atoms with Gasteiger partial charge in [-0.25, -0.2) is 4.79 Å². The van der Waals surface area contributed by atoms with E-state index in [1.165, 1.54) is 11.3 Å². The molecule has 148 valence electrons. The molecule has 7 nitrogen and oxygen atoms in total. The van der Waals surface area contributed by atoms with Gasteiger partial charge in [-0.05, 0) is 38.4 Å². The van der Waals surface area contributed by atoms with Crippen LogP contribution in [-0.2, 0) is 24.2 Å². The third-order valence-corrected chi connectivity index (χ3v) is 5.67. The average Bonchev–Trinajstić information content (AvgIpc) is 3.25. The van der Waals surface area contributed by atoms with Crippen LogP contribution in [0.25, 0.3) is 0 Å². The van der Waals surface area contributed by atoms with Crippen LogP contribution in [0.15, 0.2) is 12.3 Å². The number of thiophene rings is 1. The van der Waals surface area contributed by atoms with Gasteiger partial charge in [-0.2, -0.15) is 5.10 Å². The van der Waals surface area contributed by atoms with E-state index < -0.39 is 0 Å². The highest BCUT2D eigenvalue weighted by Gasteiger charge is 2.29. The van der Waals surface area contributed by atoms with Crippen molar-refractivity contribution in [2.45, 2.75) is 40.3 Å². The third-order valence-electron chi connectivity index (χ3n) is 4.54. The summed E-state index contributed by atoms with van der Waals surface area (Å²) in [6.07, 6.45) is 2.39. The molecule has 2 aromatic heterocycles. The lowest BCUT2D eigenvalue weighted by Crippen LogP contribution is -2.30. The van der Waals surface area contributed by atoms with Crippen LogP contribution < -0.4 is 5.32 Å². The molecule has 1 amide bonds. The molecular weight excluding hydrogens is 388 g/mol. The molecule has 0 bridgehead atoms. The Morgan fingerprint density at radius 1 is 1.30 bits per heavy atom. The number of fused-ring (bicyclic) bond motifs is 1. The van der Waals surface area contributed by atoms with Gasteiger partial charge in [-0.1, -0.05) is 6.92 Å². The number of rotatable bonds is 6. The molecule has 1 aliphatic heterocycles. The lowest BCUT2D eigenvalue weighted by Gasteiger charge is -2.25. The van der Waals surface area contributed by atoms with Gasteiger partial charge in [0.25, 0.3) is 5.91 Å². The van der Waals surface area contributed by atoms with E-state index in [9.17, 15) is 9.59 Å². The summed E-state index contributed by atoms with van der Waals surface area (Å²) < 4.78 is 6.88. The first-order valence-electron chi connectivity index (χ1n) is 8.96. The molecule has 9 heteroatoms. The molecule has 27 heavy (non-hydrogen) atoms. The van der Waals surface area contributed by atoms with Crippen LogP contribution in [0, 0.1) is 0 Å². The highest BCUT2D eigenvalue weighted by atomic mass is 35.5. The van der Waals surface area contributed by atoms with E-state index in [1.54, 1.807) is 23.9 Å². The first kappa shape index (κ1) is 21.4. The molecule has 0 saturated heterocycles. The fourth-order valence-electron chi connectivity index (χ4n) is 3.18. The zero-order valence-corrected chi connectivity index (χ0v) is 17.4. The van der Waals surface area contributed by atoms with E-state index in [4.69, 9.17) is 4.74 Å². The Bertz CT molecular complexity index is 818. The highest BCUT2D eigenvalue weighted by Crippen LogP contribution is 2.37. The molecule has 3 rings (SSSR count). The predicted octanol–water partition coefficient (Wildman–Crippen LogP) is 3.19. The van der Waals surface area contributed by atoms with Crippen LogP contribution >= 0.6 is 23.7 Å². The molecule has 0 atom stereocenters. The molecule has 2 aromatic rings. The van der Waals surface area contributed by atoms with Gasteiger partial charge >= 0.3 is 5.97 Å². The molecular formula is C18H25ClN4O3S. The first-order valence-corrected chi connectivity index (χ1v) is 9.77. The number of aromatic nitrogens is 2. The lowest BCUT2D eigenvalue weighted by atomic mass is 10.0. The van der Waals surface area contributed by atoms with Crippen molar-refractivity contribution in [1.82, 2.24) is 14.7 Å². The molecule has 0 radical (unpaired) electrons. The summed E-state index contributed by atoms with van der Waals surface area (Å²) in [5.41, 5.74) is 2.00. The summed E-state index contributed by atoms with van der Waals surface area (Å²) in [6.45, 7) is 9.41. The maximum Gasteiger partial charge on any atom is 0.341 e. The third kappa shape index (κ3) is 4.34. The Balaban J connectivity index is 0.00000261. The zero-order chi connectivity index (χ0) is 18.7. The minimum atomic E-state index is -0.366. The Kier molecular flexibility index (Phi) is 7.41. The van der Waals surface area contributed by atoms with Crippen molar-refractivity contribution in [3.63, 3.8) is 0 Å². The average molecular weight is 413 g/mol. The number of ether oxygens (including phenoxy) is 1. The summed E-state index contributed by atoms with van der Waals surface area (Å²) in [5.74, 6) is -0.630. The summed E-state index contributed by atoms with van der Waals surface area (Å²) in [5, 5.41) is 7.62. The number of amides is 1. The molecule has 0 saturated carbocycles. The number of nitrogens with zero attached hydrogens (tertiary/aromatic N) is 3. The van der Waals surface area contributed by atoms with E-state index in [0.29, 0.717) is 29.4 Å².